The van der Waals surface area contributed by atoms with Gasteiger partial charge >= 0.3 is 0 Å². The minimum absolute atomic E-state index is 0.356. The van der Waals surface area contributed by atoms with E-state index in [-0.39, 0.29) is 0 Å². The van der Waals surface area contributed by atoms with E-state index in [1.807, 2.05) is 6.07 Å². The third kappa shape index (κ3) is 3.14. The normalized spacial score (nSPS) is 25.7. The Morgan fingerprint density at radius 3 is 2.80 bits per heavy atom. The van der Waals surface area contributed by atoms with Gasteiger partial charge in [-0.2, -0.15) is 0 Å². The molecule has 0 bridgehead atoms. The Morgan fingerprint density at radius 2 is 2.13 bits per heavy atom. The van der Waals surface area contributed by atoms with Gasteiger partial charge in [-0.25, -0.2) is 9.97 Å². The smallest absolute Gasteiger partial charge is 0.141 e. The lowest BCUT2D eigenvalue weighted by Gasteiger charge is -2.13. The summed E-state index contributed by atoms with van der Waals surface area (Å²) >= 11 is 6.19. The summed E-state index contributed by atoms with van der Waals surface area (Å²) in [6.45, 7) is 1.72. The number of nitrogens with one attached hydrogen (secondary N) is 1. The van der Waals surface area contributed by atoms with Crippen LogP contribution in [0.5, 0.6) is 0 Å². The Kier molecular flexibility index (Phi) is 3.92. The number of aromatic nitrogens is 2. The molecule has 1 heterocycles. The number of nitrogens with zero attached hydrogens (tertiary/aromatic N) is 2. The van der Waals surface area contributed by atoms with Crippen molar-refractivity contribution in [2.75, 3.05) is 6.54 Å². The second-order valence-corrected chi connectivity index (χ2v) is 4.56. The summed E-state index contributed by atoms with van der Waals surface area (Å²) in [6.07, 6.45) is 7.21. The Bertz CT molecular complexity index is 291. The fourth-order valence-electron chi connectivity index (χ4n) is 2.01. The summed E-state index contributed by atoms with van der Waals surface area (Å²) in [5.74, 6) is 1.47. The van der Waals surface area contributed by atoms with Crippen molar-refractivity contribution in [3.8, 4) is 0 Å². The van der Waals surface area contributed by atoms with Crippen molar-refractivity contribution in [3.63, 3.8) is 0 Å². The third-order valence-electron chi connectivity index (χ3n) is 2.88. The van der Waals surface area contributed by atoms with E-state index in [0.29, 0.717) is 11.3 Å². The van der Waals surface area contributed by atoms with Gasteiger partial charge in [-0.15, -0.1) is 11.6 Å². The molecule has 1 aliphatic rings. The highest BCUT2D eigenvalue weighted by molar-refractivity contribution is 6.20. The molecule has 1 aromatic heterocycles. The van der Waals surface area contributed by atoms with E-state index in [0.717, 1.165) is 25.3 Å². The molecular weight excluding hydrogens is 210 g/mol. The molecule has 4 heteroatoms. The first-order chi connectivity index (χ1) is 7.36. The van der Waals surface area contributed by atoms with Crippen molar-refractivity contribution in [2.24, 2.45) is 5.92 Å². The highest BCUT2D eigenvalue weighted by Crippen LogP contribution is 2.29. The minimum Gasteiger partial charge on any atom is -0.310 e. The molecule has 0 amide bonds. The molecule has 1 saturated carbocycles. The van der Waals surface area contributed by atoms with Crippen LogP contribution in [0, 0.1) is 5.92 Å². The molecule has 2 rings (SSSR count). The van der Waals surface area contributed by atoms with Gasteiger partial charge in [-0.3, -0.25) is 0 Å². The lowest BCUT2D eigenvalue weighted by molar-refractivity contribution is 0.488. The number of hydrogen-bond donors (Lipinski definition) is 1. The first kappa shape index (κ1) is 10.8. The summed E-state index contributed by atoms with van der Waals surface area (Å²) in [6, 6.07) is 1.83. The zero-order valence-electron chi connectivity index (χ0n) is 8.69. The van der Waals surface area contributed by atoms with E-state index in [4.69, 9.17) is 11.6 Å². The average Bonchev–Trinajstić information content (AvgIpc) is 2.66. The van der Waals surface area contributed by atoms with Crippen LogP contribution >= 0.6 is 11.6 Å². The van der Waals surface area contributed by atoms with Crippen molar-refractivity contribution in [2.45, 2.75) is 31.2 Å². The molecule has 2 atom stereocenters. The van der Waals surface area contributed by atoms with Crippen LogP contribution < -0.4 is 5.32 Å². The van der Waals surface area contributed by atoms with E-state index >= 15 is 0 Å². The Labute approximate surface area is 95.3 Å². The summed E-state index contributed by atoms with van der Waals surface area (Å²) in [5, 5.41) is 3.72. The van der Waals surface area contributed by atoms with Crippen LogP contribution in [-0.2, 0) is 6.54 Å². The summed E-state index contributed by atoms with van der Waals surface area (Å²) in [4.78, 5) is 8.31. The molecule has 1 fully saturated rings. The molecule has 15 heavy (non-hydrogen) atoms. The zero-order valence-corrected chi connectivity index (χ0v) is 9.45. The van der Waals surface area contributed by atoms with Crippen LogP contribution in [0.15, 0.2) is 18.5 Å². The molecule has 82 valence electrons. The highest BCUT2D eigenvalue weighted by atomic mass is 35.5. The van der Waals surface area contributed by atoms with Gasteiger partial charge in [0, 0.05) is 17.8 Å². The second-order valence-electron chi connectivity index (χ2n) is 4.00. The number of halogens is 1. The number of rotatable bonds is 4. The summed E-state index contributed by atoms with van der Waals surface area (Å²) in [7, 11) is 0. The van der Waals surface area contributed by atoms with Crippen LogP contribution in [0.25, 0.3) is 0 Å². The molecule has 2 unspecified atom stereocenters. The monoisotopic (exact) mass is 225 g/mol. The molecule has 0 aromatic carbocycles. The standard InChI is InChI=1S/C11H16ClN3/c12-10-4-1-3-9(10)7-13-8-11-14-5-2-6-15-11/h2,5-6,9-10,13H,1,3-4,7-8H2. The van der Waals surface area contributed by atoms with Gasteiger partial charge in [0.25, 0.3) is 0 Å². The molecule has 3 nitrogen and oxygen atoms in total. The van der Waals surface area contributed by atoms with Gasteiger partial charge in [-0.1, -0.05) is 6.42 Å². The summed E-state index contributed by atoms with van der Waals surface area (Å²) in [5.41, 5.74) is 0. The van der Waals surface area contributed by atoms with Crippen LogP contribution in [0.3, 0.4) is 0 Å². The van der Waals surface area contributed by atoms with Gasteiger partial charge in [0.05, 0.1) is 6.54 Å². The van der Waals surface area contributed by atoms with Crippen molar-refractivity contribution < 1.29 is 0 Å². The van der Waals surface area contributed by atoms with Crippen LogP contribution in [0.1, 0.15) is 25.1 Å². The predicted octanol–water partition coefficient (Wildman–Crippen LogP) is 1.97. The molecule has 0 spiro atoms. The van der Waals surface area contributed by atoms with E-state index in [9.17, 15) is 0 Å². The lowest BCUT2D eigenvalue weighted by atomic mass is 10.1. The number of alkyl halides is 1. The van der Waals surface area contributed by atoms with E-state index in [2.05, 4.69) is 15.3 Å². The quantitative estimate of drug-likeness (QED) is 0.797. The molecule has 1 N–H and O–H groups in total. The SMILES string of the molecule is ClC1CCCC1CNCc1ncccn1. The van der Waals surface area contributed by atoms with Crippen LogP contribution in [0.4, 0.5) is 0 Å². The molecule has 0 saturated heterocycles. The molecule has 0 radical (unpaired) electrons. The lowest BCUT2D eigenvalue weighted by Crippen LogP contribution is -2.25. The van der Waals surface area contributed by atoms with Crippen molar-refractivity contribution >= 4 is 11.6 Å². The van der Waals surface area contributed by atoms with Gasteiger partial charge in [-0.05, 0) is 31.4 Å². The first-order valence-electron chi connectivity index (χ1n) is 5.47. The van der Waals surface area contributed by atoms with Crippen LogP contribution in [0.2, 0.25) is 0 Å². The first-order valence-corrected chi connectivity index (χ1v) is 5.90. The molecular formula is C11H16ClN3. The molecule has 0 aliphatic heterocycles. The van der Waals surface area contributed by atoms with Gasteiger partial charge < -0.3 is 5.32 Å². The van der Waals surface area contributed by atoms with Gasteiger partial charge in [0.1, 0.15) is 5.82 Å². The fourth-order valence-corrected chi connectivity index (χ4v) is 2.38. The average molecular weight is 226 g/mol. The van der Waals surface area contributed by atoms with E-state index < -0.39 is 0 Å². The second kappa shape index (κ2) is 5.42. The van der Waals surface area contributed by atoms with Crippen molar-refractivity contribution in [1.82, 2.24) is 15.3 Å². The third-order valence-corrected chi connectivity index (χ3v) is 3.45. The predicted molar refractivity (Wildman–Crippen MR) is 60.7 cm³/mol. The zero-order chi connectivity index (χ0) is 10.5. The Balaban J connectivity index is 1.71. The maximum atomic E-state index is 6.19. The van der Waals surface area contributed by atoms with E-state index in [1.54, 1.807) is 12.4 Å². The van der Waals surface area contributed by atoms with Crippen molar-refractivity contribution in [3.05, 3.63) is 24.3 Å². The maximum Gasteiger partial charge on any atom is 0.141 e. The molecule has 1 aromatic rings. The largest absolute Gasteiger partial charge is 0.310 e. The van der Waals surface area contributed by atoms with E-state index in [1.165, 1.54) is 12.8 Å². The number of hydrogen-bond acceptors (Lipinski definition) is 3. The Morgan fingerprint density at radius 1 is 1.33 bits per heavy atom. The molecule has 1 aliphatic carbocycles. The fraction of sp³-hybridized carbons (Fsp3) is 0.636. The Hall–Kier alpha value is -0.670. The topological polar surface area (TPSA) is 37.8 Å². The van der Waals surface area contributed by atoms with Gasteiger partial charge in [0.2, 0.25) is 0 Å². The van der Waals surface area contributed by atoms with Crippen molar-refractivity contribution in [1.29, 1.82) is 0 Å². The van der Waals surface area contributed by atoms with Crippen LogP contribution in [-0.4, -0.2) is 21.9 Å². The van der Waals surface area contributed by atoms with Gasteiger partial charge in [0.15, 0.2) is 0 Å². The summed E-state index contributed by atoms with van der Waals surface area (Å²) < 4.78 is 0. The maximum absolute atomic E-state index is 6.19. The highest BCUT2D eigenvalue weighted by Gasteiger charge is 2.24. The minimum atomic E-state index is 0.356.